The Labute approximate surface area is 354 Å². The van der Waals surface area contributed by atoms with Gasteiger partial charge in [0.15, 0.2) is 0 Å². The van der Waals surface area contributed by atoms with E-state index in [2.05, 4.69) is 210 Å². The van der Waals surface area contributed by atoms with Crippen LogP contribution in [0.4, 0.5) is 21.5 Å². The molecular formula is C58H39FN2. The lowest BCUT2D eigenvalue weighted by molar-refractivity contribution is 0.628. The van der Waals surface area contributed by atoms with Crippen LogP contribution in [0.5, 0.6) is 0 Å². The van der Waals surface area contributed by atoms with Crippen LogP contribution in [-0.2, 0) is 0 Å². The second-order valence-corrected chi connectivity index (χ2v) is 15.5. The number of rotatable bonds is 8. The highest BCUT2D eigenvalue weighted by atomic mass is 19.1. The third-order valence-corrected chi connectivity index (χ3v) is 11.8. The number of fused-ring (bicyclic) bond motifs is 4. The van der Waals surface area contributed by atoms with Crippen molar-refractivity contribution >= 4 is 49.6 Å². The lowest BCUT2D eigenvalue weighted by Crippen LogP contribution is -2.10. The Morgan fingerprint density at radius 2 is 0.852 bits per heavy atom. The molecule has 61 heavy (non-hydrogen) atoms. The van der Waals surface area contributed by atoms with E-state index < -0.39 is 0 Å². The molecule has 0 aliphatic heterocycles. The molecule has 0 unspecified atom stereocenters. The molecule has 10 aromatic carbocycles. The van der Waals surface area contributed by atoms with Gasteiger partial charge in [-0.15, -0.1) is 0 Å². The predicted molar refractivity (Wildman–Crippen MR) is 255 cm³/mol. The minimum absolute atomic E-state index is 0.246. The van der Waals surface area contributed by atoms with Crippen molar-refractivity contribution in [3.8, 4) is 50.2 Å². The average Bonchev–Trinajstić information content (AvgIpc) is 3.66. The van der Waals surface area contributed by atoms with Gasteiger partial charge in [0.1, 0.15) is 5.82 Å². The summed E-state index contributed by atoms with van der Waals surface area (Å²) in [5.74, 6) is -0.246. The molecule has 3 heteroatoms. The quantitative estimate of drug-likeness (QED) is 0.149. The van der Waals surface area contributed by atoms with Crippen LogP contribution < -0.4 is 4.90 Å². The molecule has 0 bridgehead atoms. The van der Waals surface area contributed by atoms with Crippen LogP contribution in [-0.4, -0.2) is 4.57 Å². The van der Waals surface area contributed by atoms with Crippen molar-refractivity contribution in [1.82, 2.24) is 4.57 Å². The fourth-order valence-electron chi connectivity index (χ4n) is 8.98. The number of hydrogen-bond acceptors (Lipinski definition) is 1. The molecule has 2 nitrogen and oxygen atoms in total. The van der Waals surface area contributed by atoms with Crippen molar-refractivity contribution in [3.05, 3.63) is 242 Å². The molecule has 0 amide bonds. The first-order valence-electron chi connectivity index (χ1n) is 20.7. The van der Waals surface area contributed by atoms with Gasteiger partial charge in [0.2, 0.25) is 0 Å². The number of para-hydroxylation sites is 2. The fraction of sp³-hybridized carbons (Fsp3) is 0. The SMILES string of the molecule is Fc1cccc(-c2cccc3cccc(-c4cccc(N(c5ccc(-c6ccccc6)cc5)c5ccc(-c6ccc7c8ccccc8n(-c8ccccc8)c7c6)cc5)c4)c23)c1. The van der Waals surface area contributed by atoms with Crippen LogP contribution in [0.15, 0.2) is 237 Å². The summed E-state index contributed by atoms with van der Waals surface area (Å²) >= 11 is 0. The van der Waals surface area contributed by atoms with Crippen molar-refractivity contribution in [2.24, 2.45) is 0 Å². The van der Waals surface area contributed by atoms with Gasteiger partial charge in [-0.2, -0.15) is 0 Å². The number of nitrogens with zero attached hydrogens (tertiary/aromatic N) is 2. The van der Waals surface area contributed by atoms with Crippen molar-refractivity contribution in [3.63, 3.8) is 0 Å². The van der Waals surface area contributed by atoms with Gasteiger partial charge in [-0.25, -0.2) is 4.39 Å². The maximum Gasteiger partial charge on any atom is 0.123 e. The second kappa shape index (κ2) is 15.3. The summed E-state index contributed by atoms with van der Waals surface area (Å²) in [6.07, 6.45) is 0. The Hall–Kier alpha value is -8.01. The van der Waals surface area contributed by atoms with E-state index in [1.807, 2.05) is 18.2 Å². The minimum atomic E-state index is -0.246. The summed E-state index contributed by atoms with van der Waals surface area (Å²) in [6, 6.07) is 82.6. The smallest absolute Gasteiger partial charge is 0.123 e. The molecule has 0 radical (unpaired) electrons. The number of halogens is 1. The monoisotopic (exact) mass is 782 g/mol. The topological polar surface area (TPSA) is 8.17 Å². The molecule has 0 aliphatic carbocycles. The fourth-order valence-corrected chi connectivity index (χ4v) is 8.98. The van der Waals surface area contributed by atoms with Crippen LogP contribution in [0.25, 0.3) is 82.8 Å². The zero-order valence-corrected chi connectivity index (χ0v) is 33.3. The number of aromatic nitrogens is 1. The van der Waals surface area contributed by atoms with Crippen molar-refractivity contribution in [2.75, 3.05) is 4.90 Å². The average molecular weight is 783 g/mol. The van der Waals surface area contributed by atoms with Crippen LogP contribution >= 0.6 is 0 Å². The third-order valence-electron chi connectivity index (χ3n) is 11.8. The van der Waals surface area contributed by atoms with Crippen LogP contribution in [0, 0.1) is 5.82 Å². The summed E-state index contributed by atoms with van der Waals surface area (Å²) in [6.45, 7) is 0. The molecule has 11 rings (SSSR count). The standard InChI is InChI=1S/C58H39FN2/c59-47-19-9-17-45(37-47)52-24-11-15-43-16-12-25-53(58(43)52)46-18-10-22-51(38-46)60(49-32-27-41(28-33-49)40-13-3-1-4-14-40)50-34-29-42(30-35-50)44-31-36-55-54-23-7-8-26-56(54)61(57(55)39-44)48-20-5-2-6-21-48/h1-39H. The molecule has 0 N–H and O–H groups in total. The maximum absolute atomic E-state index is 14.6. The summed E-state index contributed by atoms with van der Waals surface area (Å²) in [5.41, 5.74) is 15.3. The number of hydrogen-bond donors (Lipinski definition) is 0. The van der Waals surface area contributed by atoms with Gasteiger partial charge in [-0.3, -0.25) is 0 Å². The van der Waals surface area contributed by atoms with Gasteiger partial charge in [-0.1, -0.05) is 164 Å². The Kier molecular flexibility index (Phi) is 9.05. The molecule has 1 heterocycles. The second-order valence-electron chi connectivity index (χ2n) is 15.5. The molecule has 0 aliphatic rings. The van der Waals surface area contributed by atoms with E-state index in [4.69, 9.17) is 0 Å². The molecule has 0 atom stereocenters. The minimum Gasteiger partial charge on any atom is -0.310 e. The number of benzene rings is 10. The van der Waals surface area contributed by atoms with E-state index >= 15 is 0 Å². The zero-order chi connectivity index (χ0) is 40.7. The van der Waals surface area contributed by atoms with E-state index in [0.717, 1.165) is 72.5 Å². The zero-order valence-electron chi connectivity index (χ0n) is 33.3. The van der Waals surface area contributed by atoms with Crippen molar-refractivity contribution < 1.29 is 4.39 Å². The first-order valence-corrected chi connectivity index (χ1v) is 20.7. The van der Waals surface area contributed by atoms with E-state index in [0.29, 0.717) is 0 Å². The van der Waals surface area contributed by atoms with Crippen molar-refractivity contribution in [2.45, 2.75) is 0 Å². The Morgan fingerprint density at radius 1 is 0.328 bits per heavy atom. The molecule has 0 fully saturated rings. The molecule has 0 saturated carbocycles. The molecule has 0 saturated heterocycles. The van der Waals surface area contributed by atoms with E-state index in [9.17, 15) is 4.39 Å². The highest BCUT2D eigenvalue weighted by Crippen LogP contribution is 2.42. The largest absolute Gasteiger partial charge is 0.310 e. The van der Waals surface area contributed by atoms with Gasteiger partial charge >= 0.3 is 0 Å². The van der Waals surface area contributed by atoms with E-state index in [-0.39, 0.29) is 5.82 Å². The third kappa shape index (κ3) is 6.63. The summed E-state index contributed by atoms with van der Waals surface area (Å²) in [7, 11) is 0. The van der Waals surface area contributed by atoms with Crippen LogP contribution in [0.3, 0.4) is 0 Å². The Morgan fingerprint density at radius 3 is 1.54 bits per heavy atom. The van der Waals surface area contributed by atoms with E-state index in [1.54, 1.807) is 12.1 Å². The lowest BCUT2D eigenvalue weighted by atomic mass is 9.91. The first kappa shape index (κ1) is 36.1. The van der Waals surface area contributed by atoms with Gasteiger partial charge in [0.05, 0.1) is 11.0 Å². The molecular weight excluding hydrogens is 744 g/mol. The maximum atomic E-state index is 14.6. The highest BCUT2D eigenvalue weighted by Gasteiger charge is 2.18. The normalized spacial score (nSPS) is 11.4. The Bertz CT molecular complexity index is 3340. The molecule has 11 aromatic rings. The molecule has 288 valence electrons. The Balaban J connectivity index is 1.03. The van der Waals surface area contributed by atoms with Crippen molar-refractivity contribution in [1.29, 1.82) is 0 Å². The van der Waals surface area contributed by atoms with Gasteiger partial charge in [-0.05, 0) is 128 Å². The summed E-state index contributed by atoms with van der Waals surface area (Å²) in [4.78, 5) is 2.33. The first-order chi connectivity index (χ1) is 30.2. The van der Waals surface area contributed by atoms with Crippen LogP contribution in [0.1, 0.15) is 0 Å². The molecule has 1 aromatic heterocycles. The van der Waals surface area contributed by atoms with Gasteiger partial charge in [0.25, 0.3) is 0 Å². The van der Waals surface area contributed by atoms with E-state index in [1.165, 1.54) is 33.4 Å². The lowest BCUT2D eigenvalue weighted by Gasteiger charge is -2.26. The van der Waals surface area contributed by atoms with Gasteiger partial charge < -0.3 is 9.47 Å². The summed E-state index contributed by atoms with van der Waals surface area (Å²) in [5, 5.41) is 4.68. The summed E-state index contributed by atoms with van der Waals surface area (Å²) < 4.78 is 16.9. The highest BCUT2D eigenvalue weighted by molar-refractivity contribution is 6.10. The number of anilines is 3. The molecule has 0 spiro atoms. The van der Waals surface area contributed by atoms with Crippen LogP contribution in [0.2, 0.25) is 0 Å². The van der Waals surface area contributed by atoms with Gasteiger partial charge in [0, 0.05) is 33.5 Å². The predicted octanol–water partition coefficient (Wildman–Crippen LogP) is 16.2.